The molecule has 3 aromatic rings. The summed E-state index contributed by atoms with van der Waals surface area (Å²) in [6.07, 6.45) is -4.87. The van der Waals surface area contributed by atoms with Gasteiger partial charge in [-0.1, -0.05) is 36.4 Å². The second-order valence-electron chi connectivity index (χ2n) is 6.94. The number of carbonyl (C=O) groups excluding carboxylic acids is 2. The summed E-state index contributed by atoms with van der Waals surface area (Å²) in [5, 5.41) is 4.36. The van der Waals surface area contributed by atoms with E-state index in [0.29, 0.717) is 11.4 Å². The number of hydrogen-bond donors (Lipinski definition) is 0. The molecule has 162 valence electrons. The molecule has 0 unspecified atom stereocenters. The van der Waals surface area contributed by atoms with E-state index in [4.69, 9.17) is 0 Å². The number of Topliss-reactive ketones (excluding diaryl/α,β-unsaturated/α-hetero) is 1. The zero-order valence-corrected chi connectivity index (χ0v) is 17.1. The monoisotopic (exact) mass is 431 g/mol. The zero-order chi connectivity index (χ0) is 22.8. The van der Waals surface area contributed by atoms with Crippen LogP contribution in [0.1, 0.15) is 27.3 Å². The van der Waals surface area contributed by atoms with Crippen LogP contribution in [0.25, 0.3) is 5.69 Å². The minimum Gasteiger partial charge on any atom is -0.405 e. The number of para-hydroxylation sites is 2. The Balaban J connectivity index is 1.83. The average molecular weight is 431 g/mol. The Hall–Kier alpha value is -3.62. The molecule has 1 heterocycles. The molecule has 0 N–H and O–H groups in total. The van der Waals surface area contributed by atoms with Crippen molar-refractivity contribution >= 4 is 11.7 Å². The number of amides is 1. The summed E-state index contributed by atoms with van der Waals surface area (Å²) in [7, 11) is 1.34. The highest BCUT2D eigenvalue weighted by molar-refractivity contribution is 6.43. The lowest BCUT2D eigenvalue weighted by molar-refractivity contribution is -0.275. The van der Waals surface area contributed by atoms with E-state index in [0.717, 1.165) is 16.7 Å². The van der Waals surface area contributed by atoms with Gasteiger partial charge in [-0.2, -0.15) is 5.10 Å². The van der Waals surface area contributed by atoms with E-state index in [9.17, 15) is 22.8 Å². The van der Waals surface area contributed by atoms with Gasteiger partial charge in [-0.25, -0.2) is 4.68 Å². The molecule has 1 aromatic heterocycles. The molecular weight excluding hydrogens is 411 g/mol. The molecule has 31 heavy (non-hydrogen) atoms. The summed E-state index contributed by atoms with van der Waals surface area (Å²) >= 11 is 0. The molecule has 2 aromatic carbocycles. The molecule has 6 nitrogen and oxygen atoms in total. The number of rotatable bonds is 6. The topological polar surface area (TPSA) is 64.4 Å². The number of likely N-dealkylation sites (N-methyl/N-ethyl adjacent to an activating group) is 1. The maximum Gasteiger partial charge on any atom is 0.573 e. The third-order valence-electron chi connectivity index (χ3n) is 4.67. The predicted octanol–water partition coefficient (Wildman–Crippen LogP) is 4.23. The van der Waals surface area contributed by atoms with Crippen molar-refractivity contribution in [1.29, 1.82) is 0 Å². The number of nitrogens with zero attached hydrogens (tertiary/aromatic N) is 3. The minimum atomic E-state index is -4.87. The highest BCUT2D eigenvalue weighted by Gasteiger charge is 2.33. The lowest BCUT2D eigenvalue weighted by Gasteiger charge is -2.19. The van der Waals surface area contributed by atoms with Gasteiger partial charge in [0, 0.05) is 19.2 Å². The summed E-state index contributed by atoms with van der Waals surface area (Å²) in [6.45, 7) is 3.07. The van der Waals surface area contributed by atoms with Crippen LogP contribution in [0.4, 0.5) is 13.2 Å². The molecular formula is C22H20F3N3O3. The first kappa shape index (κ1) is 22.1. The van der Waals surface area contributed by atoms with E-state index >= 15 is 0 Å². The highest BCUT2D eigenvalue weighted by atomic mass is 19.4. The Bertz CT molecular complexity index is 1110. The van der Waals surface area contributed by atoms with Crippen molar-refractivity contribution in [2.45, 2.75) is 26.8 Å². The van der Waals surface area contributed by atoms with Gasteiger partial charge in [0.2, 0.25) is 0 Å². The van der Waals surface area contributed by atoms with E-state index in [1.165, 1.54) is 25.2 Å². The normalized spacial score (nSPS) is 11.3. The van der Waals surface area contributed by atoms with Crippen LogP contribution in [-0.2, 0) is 11.3 Å². The van der Waals surface area contributed by atoms with E-state index in [2.05, 4.69) is 9.84 Å². The molecule has 0 aliphatic heterocycles. The SMILES string of the molecule is Cc1nn(-c2ccccc2)c(C)c1C(=O)C(=O)N(C)Cc1ccccc1OC(F)(F)F. The van der Waals surface area contributed by atoms with Crippen molar-refractivity contribution in [3.63, 3.8) is 0 Å². The molecule has 1 amide bonds. The Morgan fingerprint density at radius 1 is 1.03 bits per heavy atom. The van der Waals surface area contributed by atoms with Gasteiger partial charge in [-0.05, 0) is 32.0 Å². The van der Waals surface area contributed by atoms with Crippen LogP contribution in [-0.4, -0.2) is 39.8 Å². The van der Waals surface area contributed by atoms with Crippen molar-refractivity contribution < 1.29 is 27.5 Å². The highest BCUT2D eigenvalue weighted by Crippen LogP contribution is 2.27. The molecule has 9 heteroatoms. The predicted molar refractivity (Wildman–Crippen MR) is 107 cm³/mol. The molecule has 0 aliphatic rings. The molecule has 0 saturated carbocycles. The van der Waals surface area contributed by atoms with Crippen LogP contribution in [0, 0.1) is 13.8 Å². The van der Waals surface area contributed by atoms with Gasteiger partial charge in [0.25, 0.3) is 11.7 Å². The van der Waals surface area contributed by atoms with E-state index in [1.54, 1.807) is 18.5 Å². The molecule has 0 atom stereocenters. The summed E-state index contributed by atoms with van der Waals surface area (Å²) in [5.74, 6) is -2.07. The van der Waals surface area contributed by atoms with E-state index in [-0.39, 0.29) is 17.7 Å². The molecule has 3 rings (SSSR count). The summed E-state index contributed by atoms with van der Waals surface area (Å²) in [5.41, 5.74) is 1.91. The Morgan fingerprint density at radius 2 is 1.65 bits per heavy atom. The molecule has 0 radical (unpaired) electrons. The van der Waals surface area contributed by atoms with Gasteiger partial charge < -0.3 is 9.64 Å². The van der Waals surface area contributed by atoms with Crippen LogP contribution in [0.3, 0.4) is 0 Å². The second-order valence-corrected chi connectivity index (χ2v) is 6.94. The quantitative estimate of drug-likeness (QED) is 0.433. The number of ketones is 1. The van der Waals surface area contributed by atoms with Crippen molar-refractivity contribution in [3.05, 3.63) is 77.1 Å². The third-order valence-corrected chi connectivity index (χ3v) is 4.67. The maximum atomic E-state index is 12.9. The molecule has 0 saturated heterocycles. The van der Waals surface area contributed by atoms with Crippen molar-refractivity contribution in [2.24, 2.45) is 0 Å². The second kappa shape index (κ2) is 8.63. The fourth-order valence-corrected chi connectivity index (χ4v) is 3.26. The van der Waals surface area contributed by atoms with Gasteiger partial charge in [0.05, 0.1) is 22.6 Å². The first-order chi connectivity index (χ1) is 14.6. The number of carbonyl (C=O) groups is 2. The van der Waals surface area contributed by atoms with Gasteiger partial charge in [-0.3, -0.25) is 9.59 Å². The fourth-order valence-electron chi connectivity index (χ4n) is 3.26. The number of benzene rings is 2. The molecule has 0 spiro atoms. The van der Waals surface area contributed by atoms with Crippen LogP contribution in [0.2, 0.25) is 0 Å². The number of halogens is 3. The number of hydrogen-bond acceptors (Lipinski definition) is 4. The van der Waals surface area contributed by atoms with E-state index in [1.807, 2.05) is 30.3 Å². The number of aromatic nitrogens is 2. The Labute approximate surface area is 176 Å². The van der Waals surface area contributed by atoms with Crippen LogP contribution in [0.15, 0.2) is 54.6 Å². The minimum absolute atomic E-state index is 0.122. The van der Waals surface area contributed by atoms with Crippen molar-refractivity contribution in [1.82, 2.24) is 14.7 Å². The number of aryl methyl sites for hydroxylation is 1. The Morgan fingerprint density at radius 3 is 2.29 bits per heavy atom. The van der Waals surface area contributed by atoms with Crippen molar-refractivity contribution in [3.8, 4) is 11.4 Å². The molecule has 0 fully saturated rings. The van der Waals surface area contributed by atoms with Crippen LogP contribution < -0.4 is 4.74 Å². The first-order valence-corrected chi connectivity index (χ1v) is 9.33. The average Bonchev–Trinajstić information content (AvgIpc) is 3.02. The fraction of sp³-hybridized carbons (Fsp3) is 0.227. The first-order valence-electron chi connectivity index (χ1n) is 9.33. The summed E-state index contributed by atoms with van der Waals surface area (Å²) in [6, 6.07) is 14.6. The number of ether oxygens (including phenoxy) is 1. The standard InChI is InChI=1S/C22H20F3N3O3/c1-14-19(15(2)28(26-14)17-10-5-4-6-11-17)20(29)21(30)27(3)13-16-9-7-8-12-18(16)31-22(23,24)25/h4-12H,13H2,1-3H3. The largest absolute Gasteiger partial charge is 0.573 e. The lowest BCUT2D eigenvalue weighted by atomic mass is 10.1. The van der Waals surface area contributed by atoms with Crippen LogP contribution in [0.5, 0.6) is 5.75 Å². The molecule has 0 bridgehead atoms. The van der Waals surface area contributed by atoms with Gasteiger partial charge >= 0.3 is 6.36 Å². The van der Waals surface area contributed by atoms with Gasteiger partial charge in [0.1, 0.15) is 5.75 Å². The maximum absolute atomic E-state index is 12.9. The van der Waals surface area contributed by atoms with Crippen molar-refractivity contribution in [2.75, 3.05) is 7.05 Å². The van der Waals surface area contributed by atoms with Gasteiger partial charge in [0.15, 0.2) is 0 Å². The smallest absolute Gasteiger partial charge is 0.405 e. The number of alkyl halides is 3. The lowest BCUT2D eigenvalue weighted by Crippen LogP contribution is -2.33. The third kappa shape index (κ3) is 4.93. The summed E-state index contributed by atoms with van der Waals surface area (Å²) < 4.78 is 43.5. The van der Waals surface area contributed by atoms with E-state index < -0.39 is 23.8 Å². The zero-order valence-electron chi connectivity index (χ0n) is 17.1. The molecule has 0 aliphatic carbocycles. The Kier molecular flexibility index (Phi) is 6.14. The van der Waals surface area contributed by atoms with Crippen LogP contribution >= 0.6 is 0 Å². The van der Waals surface area contributed by atoms with Gasteiger partial charge in [-0.15, -0.1) is 13.2 Å². The summed E-state index contributed by atoms with van der Waals surface area (Å²) in [4.78, 5) is 26.7.